The summed E-state index contributed by atoms with van der Waals surface area (Å²) in [5.41, 5.74) is 1.01. The van der Waals surface area contributed by atoms with Crippen LogP contribution in [-0.2, 0) is 11.3 Å². The molecule has 214 valence electrons. The van der Waals surface area contributed by atoms with Crippen LogP contribution in [0.15, 0.2) is 52.0 Å². The van der Waals surface area contributed by atoms with Crippen molar-refractivity contribution in [1.82, 2.24) is 30.3 Å². The van der Waals surface area contributed by atoms with Crippen LogP contribution in [0.5, 0.6) is 5.75 Å². The quantitative estimate of drug-likeness (QED) is 0.0941. The Morgan fingerprint density at radius 3 is 2.56 bits per heavy atom. The molecule has 2 amide bonds. The maximum absolute atomic E-state index is 12.9. The summed E-state index contributed by atoms with van der Waals surface area (Å²) < 4.78 is 8.05. The Labute approximate surface area is 247 Å². The molecule has 0 aliphatic carbocycles. The van der Waals surface area contributed by atoms with Crippen molar-refractivity contribution in [3.63, 3.8) is 0 Å². The third-order valence-electron chi connectivity index (χ3n) is 5.51. The molecule has 0 bridgehead atoms. The second kappa shape index (κ2) is 14.0. The zero-order valence-corrected chi connectivity index (χ0v) is 24.8. The van der Waals surface area contributed by atoms with Gasteiger partial charge in [0.1, 0.15) is 5.75 Å². The van der Waals surface area contributed by atoms with E-state index in [9.17, 15) is 19.7 Å². The number of aromatic nitrogens is 5. The molecule has 0 saturated heterocycles. The number of carbonyl (C=O) groups excluding carboxylic acids is 2. The molecule has 2 N–H and O–H groups in total. The van der Waals surface area contributed by atoms with Gasteiger partial charge in [-0.1, -0.05) is 47.9 Å². The number of hydrogen-bond acceptors (Lipinski definition) is 12. The molecule has 0 aliphatic rings. The summed E-state index contributed by atoms with van der Waals surface area (Å²) in [4.78, 5) is 36.3. The molecule has 16 heteroatoms. The van der Waals surface area contributed by atoms with Crippen LogP contribution in [0, 0.1) is 17.0 Å². The first-order valence-corrected chi connectivity index (χ1v) is 15.2. The number of benzene rings is 2. The zero-order valence-electron chi connectivity index (χ0n) is 22.3. The van der Waals surface area contributed by atoms with Crippen molar-refractivity contribution in [2.24, 2.45) is 0 Å². The number of nitrogens with zero attached hydrogens (tertiary/aromatic N) is 6. The highest BCUT2D eigenvalue weighted by Crippen LogP contribution is 2.27. The molecule has 4 aromatic rings. The molecule has 0 spiro atoms. The Morgan fingerprint density at radius 1 is 1.07 bits per heavy atom. The maximum Gasteiger partial charge on any atom is 0.273 e. The minimum atomic E-state index is -0.525. The van der Waals surface area contributed by atoms with Gasteiger partial charge in [0, 0.05) is 22.9 Å². The second-order valence-electron chi connectivity index (χ2n) is 8.19. The number of amides is 2. The van der Waals surface area contributed by atoms with Crippen molar-refractivity contribution in [3.8, 4) is 11.4 Å². The lowest BCUT2D eigenvalue weighted by molar-refractivity contribution is -0.385. The summed E-state index contributed by atoms with van der Waals surface area (Å²) in [6.07, 6.45) is 0. The van der Waals surface area contributed by atoms with Crippen LogP contribution in [0.4, 0.5) is 10.8 Å². The molecule has 41 heavy (non-hydrogen) atoms. The molecule has 0 aliphatic heterocycles. The lowest BCUT2D eigenvalue weighted by Crippen LogP contribution is -2.25. The van der Waals surface area contributed by atoms with Gasteiger partial charge in [-0.2, -0.15) is 0 Å². The van der Waals surface area contributed by atoms with Gasteiger partial charge in [0.05, 0.1) is 23.8 Å². The SMILES string of the molecule is CCOc1ccc(-n2c(CNC(=O)c3cccc([N+](=O)[O-])c3C)nnc2SCC(=O)Nc2nnc(SCC)s2)cc1. The van der Waals surface area contributed by atoms with E-state index in [-0.39, 0.29) is 35.0 Å². The number of carbonyl (C=O) groups is 2. The molecule has 0 atom stereocenters. The summed E-state index contributed by atoms with van der Waals surface area (Å²) in [6.45, 7) is 5.93. The van der Waals surface area contributed by atoms with Gasteiger partial charge in [-0.3, -0.25) is 29.6 Å². The first kappa shape index (κ1) is 30.0. The van der Waals surface area contributed by atoms with E-state index in [0.717, 1.165) is 10.1 Å². The number of anilines is 1. The molecular formula is C25H26N8O5S3. The summed E-state index contributed by atoms with van der Waals surface area (Å²) in [7, 11) is 0. The average Bonchev–Trinajstić information content (AvgIpc) is 3.57. The molecule has 0 saturated carbocycles. The molecule has 2 heterocycles. The van der Waals surface area contributed by atoms with Gasteiger partial charge in [-0.15, -0.1) is 20.4 Å². The van der Waals surface area contributed by atoms with E-state index in [1.54, 1.807) is 28.5 Å². The molecule has 0 radical (unpaired) electrons. The number of rotatable bonds is 13. The molecule has 2 aromatic heterocycles. The van der Waals surface area contributed by atoms with E-state index < -0.39 is 10.8 Å². The number of hydrogen-bond donors (Lipinski definition) is 2. The normalized spacial score (nSPS) is 10.8. The van der Waals surface area contributed by atoms with E-state index in [4.69, 9.17) is 4.74 Å². The molecule has 0 unspecified atom stereocenters. The van der Waals surface area contributed by atoms with E-state index in [1.807, 2.05) is 26.0 Å². The van der Waals surface area contributed by atoms with Gasteiger partial charge >= 0.3 is 0 Å². The highest BCUT2D eigenvalue weighted by Gasteiger charge is 2.21. The summed E-state index contributed by atoms with van der Waals surface area (Å²) in [5.74, 6) is 1.21. The van der Waals surface area contributed by atoms with Crippen LogP contribution in [0.25, 0.3) is 5.69 Å². The van der Waals surface area contributed by atoms with Gasteiger partial charge in [0.2, 0.25) is 11.0 Å². The van der Waals surface area contributed by atoms with Gasteiger partial charge in [0.25, 0.3) is 11.6 Å². The third-order valence-corrected chi connectivity index (χ3v) is 8.30. The molecular weight excluding hydrogens is 589 g/mol. The van der Waals surface area contributed by atoms with Crippen molar-refractivity contribution in [3.05, 3.63) is 69.5 Å². The van der Waals surface area contributed by atoms with Crippen molar-refractivity contribution in [2.75, 3.05) is 23.4 Å². The minimum Gasteiger partial charge on any atom is -0.494 e. The summed E-state index contributed by atoms with van der Waals surface area (Å²) >= 11 is 4.02. The average molecular weight is 615 g/mol. The first-order chi connectivity index (χ1) is 19.8. The van der Waals surface area contributed by atoms with E-state index in [0.29, 0.717) is 34.2 Å². The van der Waals surface area contributed by atoms with E-state index in [1.165, 1.54) is 48.2 Å². The lowest BCUT2D eigenvalue weighted by atomic mass is 10.1. The van der Waals surface area contributed by atoms with E-state index in [2.05, 4.69) is 31.0 Å². The van der Waals surface area contributed by atoms with Crippen LogP contribution in [-0.4, -0.2) is 59.8 Å². The molecule has 2 aromatic carbocycles. The van der Waals surface area contributed by atoms with Crippen LogP contribution >= 0.6 is 34.9 Å². The molecule has 13 nitrogen and oxygen atoms in total. The Hall–Kier alpha value is -4.02. The van der Waals surface area contributed by atoms with Crippen molar-refractivity contribution in [2.45, 2.75) is 36.8 Å². The van der Waals surface area contributed by atoms with Crippen molar-refractivity contribution in [1.29, 1.82) is 0 Å². The fourth-order valence-corrected chi connectivity index (χ4v) is 6.11. The van der Waals surface area contributed by atoms with Crippen LogP contribution in [0.3, 0.4) is 0 Å². The number of nitro groups is 1. The lowest BCUT2D eigenvalue weighted by Gasteiger charge is -2.12. The Kier molecular flexibility index (Phi) is 10.3. The van der Waals surface area contributed by atoms with Crippen LogP contribution in [0.1, 0.15) is 35.6 Å². The highest BCUT2D eigenvalue weighted by atomic mass is 32.2. The van der Waals surface area contributed by atoms with Crippen LogP contribution < -0.4 is 15.4 Å². The van der Waals surface area contributed by atoms with Crippen molar-refractivity contribution >= 4 is 57.5 Å². The first-order valence-electron chi connectivity index (χ1n) is 12.4. The van der Waals surface area contributed by atoms with Gasteiger partial charge in [0.15, 0.2) is 15.3 Å². The topological polar surface area (TPSA) is 167 Å². The largest absolute Gasteiger partial charge is 0.494 e. The van der Waals surface area contributed by atoms with Gasteiger partial charge in [-0.25, -0.2) is 0 Å². The van der Waals surface area contributed by atoms with Gasteiger partial charge in [-0.05, 0) is 49.9 Å². The molecule has 0 fully saturated rings. The smallest absolute Gasteiger partial charge is 0.273 e. The predicted octanol–water partition coefficient (Wildman–Crippen LogP) is 4.51. The molecule has 4 rings (SSSR count). The number of ether oxygens (including phenoxy) is 1. The van der Waals surface area contributed by atoms with Crippen molar-refractivity contribution < 1.29 is 19.2 Å². The fourth-order valence-electron chi connectivity index (χ4n) is 3.68. The second-order valence-corrected chi connectivity index (χ2v) is 11.6. The Bertz CT molecular complexity index is 1540. The standard InChI is InChI=1S/C25H26N8O5S3/c1-4-38-17-11-9-16(10-12-17)32-20(13-26-22(35)18-7-6-8-19(15(18)3)33(36)37)28-30-24(32)40-14-21(34)27-23-29-31-25(41-23)39-5-2/h6-12H,4-5,13-14H2,1-3H3,(H,26,35)(H,27,29,34). The predicted molar refractivity (Wildman–Crippen MR) is 157 cm³/mol. The van der Waals surface area contributed by atoms with E-state index >= 15 is 0 Å². The monoisotopic (exact) mass is 614 g/mol. The number of nitro benzene ring substituents is 1. The third kappa shape index (κ3) is 7.59. The van der Waals surface area contributed by atoms with Gasteiger partial charge < -0.3 is 10.1 Å². The fraction of sp³-hybridized carbons (Fsp3) is 0.280. The number of nitrogens with one attached hydrogen (secondary N) is 2. The Morgan fingerprint density at radius 2 is 1.85 bits per heavy atom. The summed E-state index contributed by atoms with van der Waals surface area (Å²) in [6, 6.07) is 11.6. The number of thioether (sulfide) groups is 2. The summed E-state index contributed by atoms with van der Waals surface area (Å²) in [5, 5.41) is 34.2. The van der Waals surface area contributed by atoms with Crippen LogP contribution in [0.2, 0.25) is 0 Å². The Balaban J connectivity index is 1.52. The zero-order chi connectivity index (χ0) is 29.4. The minimum absolute atomic E-state index is 0.0173. The highest BCUT2D eigenvalue weighted by molar-refractivity contribution is 8.01. The maximum atomic E-state index is 12.9.